The van der Waals surface area contributed by atoms with Crippen molar-refractivity contribution in [2.24, 2.45) is 5.92 Å². The Kier molecular flexibility index (Phi) is 4.79. The zero-order valence-electron chi connectivity index (χ0n) is 9.77. The summed E-state index contributed by atoms with van der Waals surface area (Å²) in [5.41, 5.74) is 1.12. The molecule has 1 aliphatic rings. The van der Waals surface area contributed by atoms with Crippen LogP contribution in [0.1, 0.15) is 32.6 Å². The molecule has 2 rings (SSSR count). The third-order valence-corrected chi connectivity index (χ3v) is 4.92. The van der Waals surface area contributed by atoms with E-state index in [4.69, 9.17) is 11.6 Å². The molecule has 1 N–H and O–H groups in total. The van der Waals surface area contributed by atoms with E-state index in [1.807, 2.05) is 12.1 Å². The lowest BCUT2D eigenvalue weighted by Crippen LogP contribution is -2.30. The Labute approximate surface area is 125 Å². The van der Waals surface area contributed by atoms with Crippen molar-refractivity contribution in [1.29, 1.82) is 0 Å². The Morgan fingerprint density at radius 3 is 2.35 bits per heavy atom. The second-order valence-electron chi connectivity index (χ2n) is 4.76. The second-order valence-corrected chi connectivity index (χ2v) is 6.90. The van der Waals surface area contributed by atoms with Gasteiger partial charge in [0.1, 0.15) is 0 Å². The molecule has 0 saturated heterocycles. The topological polar surface area (TPSA) is 12.0 Å². The highest BCUT2D eigenvalue weighted by Crippen LogP contribution is 2.37. The quantitative estimate of drug-likeness (QED) is 0.677. The van der Waals surface area contributed by atoms with E-state index in [1.165, 1.54) is 25.7 Å². The molecule has 0 radical (unpaired) electrons. The summed E-state index contributed by atoms with van der Waals surface area (Å²) in [6, 6.07) is 4.43. The van der Waals surface area contributed by atoms with Crippen LogP contribution in [0.4, 0.5) is 5.69 Å². The van der Waals surface area contributed by atoms with Crippen molar-refractivity contribution in [2.45, 2.75) is 38.6 Å². The number of nitrogens with one attached hydrogen (secondary N) is 1. The zero-order valence-corrected chi connectivity index (χ0v) is 13.7. The minimum Gasteiger partial charge on any atom is -0.380 e. The predicted octanol–water partition coefficient (Wildman–Crippen LogP) is 5.86. The molecule has 0 aliphatic heterocycles. The molecule has 0 amide bonds. The summed E-state index contributed by atoms with van der Waals surface area (Å²) in [4.78, 5) is 0. The van der Waals surface area contributed by atoms with Crippen LogP contribution in [0.3, 0.4) is 0 Å². The fraction of sp³-hybridized carbons (Fsp3) is 0.538. The fourth-order valence-electron chi connectivity index (χ4n) is 2.40. The van der Waals surface area contributed by atoms with Crippen LogP contribution in [0.15, 0.2) is 21.1 Å². The van der Waals surface area contributed by atoms with Gasteiger partial charge in [-0.25, -0.2) is 0 Å². The third kappa shape index (κ3) is 3.39. The zero-order chi connectivity index (χ0) is 12.4. The molecule has 1 aliphatic carbocycles. The Hall–Kier alpha value is 0.270. The molecule has 1 saturated carbocycles. The molecule has 1 aromatic rings. The van der Waals surface area contributed by atoms with Crippen molar-refractivity contribution in [3.05, 3.63) is 26.1 Å². The van der Waals surface area contributed by atoms with Crippen molar-refractivity contribution < 1.29 is 0 Å². The minimum atomic E-state index is 0.567. The normalized spacial score (nSPS) is 24.7. The van der Waals surface area contributed by atoms with Gasteiger partial charge in [-0.1, -0.05) is 31.4 Å². The van der Waals surface area contributed by atoms with E-state index in [-0.39, 0.29) is 0 Å². The van der Waals surface area contributed by atoms with E-state index in [9.17, 15) is 0 Å². The first-order chi connectivity index (χ1) is 8.08. The first-order valence-electron chi connectivity index (χ1n) is 5.99. The van der Waals surface area contributed by atoms with Crippen LogP contribution in [-0.2, 0) is 0 Å². The summed E-state index contributed by atoms with van der Waals surface area (Å²) >= 11 is 13.1. The molecule has 0 spiro atoms. The lowest BCUT2D eigenvalue weighted by Gasteiger charge is -2.31. The summed E-state index contributed by atoms with van der Waals surface area (Å²) in [6.07, 6.45) is 5.26. The van der Waals surface area contributed by atoms with Crippen LogP contribution >= 0.6 is 43.5 Å². The Morgan fingerprint density at radius 1 is 1.18 bits per heavy atom. The standard InChI is InChI=1S/C13H16Br2ClN/c1-8-4-2-3-5-12(8)17-13-10(14)6-9(16)7-11(13)15/h6-8,12,17H,2-5H2,1H3. The van der Waals surface area contributed by atoms with Crippen molar-refractivity contribution >= 4 is 49.1 Å². The number of anilines is 1. The first kappa shape index (κ1) is 13.7. The van der Waals surface area contributed by atoms with Crippen LogP contribution in [0, 0.1) is 5.92 Å². The lowest BCUT2D eigenvalue weighted by atomic mass is 9.86. The van der Waals surface area contributed by atoms with Gasteiger partial charge in [0, 0.05) is 20.0 Å². The first-order valence-corrected chi connectivity index (χ1v) is 7.95. The molecule has 2 atom stereocenters. The number of benzene rings is 1. The van der Waals surface area contributed by atoms with Gasteiger partial charge >= 0.3 is 0 Å². The Morgan fingerprint density at radius 2 is 1.76 bits per heavy atom. The third-order valence-electron chi connectivity index (χ3n) is 3.45. The van der Waals surface area contributed by atoms with Gasteiger partial charge in [0.05, 0.1) is 5.69 Å². The SMILES string of the molecule is CC1CCCCC1Nc1c(Br)cc(Cl)cc1Br. The number of hydrogen-bond donors (Lipinski definition) is 1. The van der Waals surface area contributed by atoms with Gasteiger partial charge in [-0.3, -0.25) is 0 Å². The molecule has 0 bridgehead atoms. The van der Waals surface area contributed by atoms with Crippen LogP contribution in [0.5, 0.6) is 0 Å². The van der Waals surface area contributed by atoms with Gasteiger partial charge in [0.15, 0.2) is 0 Å². The number of halogens is 3. The van der Waals surface area contributed by atoms with E-state index in [0.29, 0.717) is 6.04 Å². The molecular formula is C13H16Br2ClN. The average Bonchev–Trinajstić information content (AvgIpc) is 2.25. The molecular weight excluding hydrogens is 365 g/mol. The van der Waals surface area contributed by atoms with E-state index >= 15 is 0 Å². The minimum absolute atomic E-state index is 0.567. The van der Waals surface area contributed by atoms with E-state index in [0.717, 1.165) is 25.6 Å². The molecule has 94 valence electrons. The van der Waals surface area contributed by atoms with E-state index in [1.54, 1.807) is 0 Å². The molecule has 1 aromatic carbocycles. The van der Waals surface area contributed by atoms with Crippen LogP contribution in [0.25, 0.3) is 0 Å². The second kappa shape index (κ2) is 5.94. The Balaban J connectivity index is 2.17. The fourth-order valence-corrected chi connectivity index (χ4v) is 4.29. The molecule has 1 nitrogen and oxygen atoms in total. The van der Waals surface area contributed by atoms with Crippen molar-refractivity contribution in [3.63, 3.8) is 0 Å². The smallest absolute Gasteiger partial charge is 0.0632 e. The number of rotatable bonds is 2. The van der Waals surface area contributed by atoms with Crippen LogP contribution in [-0.4, -0.2) is 6.04 Å². The number of hydrogen-bond acceptors (Lipinski definition) is 1. The average molecular weight is 382 g/mol. The van der Waals surface area contributed by atoms with Gasteiger partial charge < -0.3 is 5.32 Å². The molecule has 1 fully saturated rings. The summed E-state index contributed by atoms with van der Waals surface area (Å²) in [5, 5.41) is 4.38. The van der Waals surface area contributed by atoms with Gasteiger partial charge in [-0.05, 0) is 62.8 Å². The highest BCUT2D eigenvalue weighted by atomic mass is 79.9. The highest BCUT2D eigenvalue weighted by molar-refractivity contribution is 9.11. The molecule has 2 unspecified atom stereocenters. The Bertz CT molecular complexity index is 385. The van der Waals surface area contributed by atoms with Gasteiger partial charge in [-0.2, -0.15) is 0 Å². The van der Waals surface area contributed by atoms with Gasteiger partial charge in [0.25, 0.3) is 0 Å². The molecule has 0 aromatic heterocycles. The largest absolute Gasteiger partial charge is 0.380 e. The monoisotopic (exact) mass is 379 g/mol. The highest BCUT2D eigenvalue weighted by Gasteiger charge is 2.22. The van der Waals surface area contributed by atoms with E-state index < -0.39 is 0 Å². The molecule has 17 heavy (non-hydrogen) atoms. The van der Waals surface area contributed by atoms with Crippen LogP contribution in [0.2, 0.25) is 5.02 Å². The summed E-state index contributed by atoms with van der Waals surface area (Å²) in [7, 11) is 0. The summed E-state index contributed by atoms with van der Waals surface area (Å²) in [6.45, 7) is 2.33. The van der Waals surface area contributed by atoms with Gasteiger partial charge in [-0.15, -0.1) is 0 Å². The van der Waals surface area contributed by atoms with Crippen molar-refractivity contribution in [3.8, 4) is 0 Å². The summed E-state index contributed by atoms with van der Waals surface area (Å²) in [5.74, 6) is 0.734. The van der Waals surface area contributed by atoms with Crippen LogP contribution < -0.4 is 5.32 Å². The van der Waals surface area contributed by atoms with Crippen molar-refractivity contribution in [2.75, 3.05) is 5.32 Å². The van der Waals surface area contributed by atoms with Crippen molar-refractivity contribution in [1.82, 2.24) is 0 Å². The maximum Gasteiger partial charge on any atom is 0.0632 e. The maximum absolute atomic E-state index is 6.01. The van der Waals surface area contributed by atoms with E-state index in [2.05, 4.69) is 44.1 Å². The summed E-state index contributed by atoms with van der Waals surface area (Å²) < 4.78 is 2.05. The van der Waals surface area contributed by atoms with Gasteiger partial charge in [0.2, 0.25) is 0 Å². The lowest BCUT2D eigenvalue weighted by molar-refractivity contribution is 0.349. The molecule has 4 heteroatoms. The molecule has 0 heterocycles. The predicted molar refractivity (Wildman–Crippen MR) is 81.9 cm³/mol. The maximum atomic E-state index is 6.01.